The Morgan fingerprint density at radius 1 is 1.09 bits per heavy atom. The second-order valence-corrected chi connectivity index (χ2v) is 9.03. The van der Waals surface area contributed by atoms with Crippen LogP contribution < -0.4 is 14.8 Å². The number of ether oxygens (including phenoxy) is 4. The second-order valence-electron chi connectivity index (χ2n) is 9.03. The number of hydrogen-bond acceptors (Lipinski definition) is 5. The fraction of sp³-hybridized carbons (Fsp3) is 0.720. The number of guanidine groups is 1. The van der Waals surface area contributed by atoms with Crippen LogP contribution in [0.25, 0.3) is 0 Å². The van der Waals surface area contributed by atoms with E-state index in [0.29, 0.717) is 18.8 Å². The van der Waals surface area contributed by atoms with Gasteiger partial charge >= 0.3 is 0 Å². The van der Waals surface area contributed by atoms with E-state index in [4.69, 9.17) is 18.9 Å². The average molecular weight is 446 g/mol. The number of methoxy groups -OCH3 is 1. The lowest BCUT2D eigenvalue weighted by molar-refractivity contribution is -0.0367. The number of aliphatic imine (C=N–C) groups is 1. The molecule has 1 atom stereocenters. The molecule has 1 aromatic carbocycles. The summed E-state index contributed by atoms with van der Waals surface area (Å²) in [7, 11) is 3.56. The van der Waals surface area contributed by atoms with Crippen molar-refractivity contribution >= 4 is 5.96 Å². The maximum Gasteiger partial charge on any atom is 0.193 e. The maximum atomic E-state index is 6.38. The van der Waals surface area contributed by atoms with Crippen molar-refractivity contribution in [1.82, 2.24) is 10.2 Å². The van der Waals surface area contributed by atoms with E-state index in [-0.39, 0.29) is 6.10 Å². The van der Waals surface area contributed by atoms with Crippen molar-refractivity contribution in [3.8, 4) is 11.5 Å². The first-order valence-corrected chi connectivity index (χ1v) is 12.3. The van der Waals surface area contributed by atoms with Crippen molar-refractivity contribution in [1.29, 1.82) is 0 Å². The van der Waals surface area contributed by atoms with Gasteiger partial charge in [0.15, 0.2) is 17.5 Å². The highest BCUT2D eigenvalue weighted by molar-refractivity contribution is 5.80. The molecule has 7 nitrogen and oxygen atoms in total. The number of hydrogen-bond donors (Lipinski definition) is 1. The molecule has 1 N–H and O–H groups in total. The van der Waals surface area contributed by atoms with Crippen LogP contribution in [0.1, 0.15) is 56.9 Å². The average Bonchev–Trinajstić information content (AvgIpc) is 3.54. The minimum absolute atomic E-state index is 0.290. The first-order chi connectivity index (χ1) is 15.8. The monoisotopic (exact) mass is 445 g/mol. The van der Waals surface area contributed by atoms with Gasteiger partial charge in [-0.1, -0.05) is 12.1 Å². The van der Waals surface area contributed by atoms with Gasteiger partial charge in [-0.15, -0.1) is 0 Å². The number of likely N-dealkylation sites (tertiary alicyclic amines) is 1. The van der Waals surface area contributed by atoms with Crippen molar-refractivity contribution in [2.45, 2.75) is 76.2 Å². The van der Waals surface area contributed by atoms with E-state index in [2.05, 4.69) is 21.3 Å². The quantitative estimate of drug-likeness (QED) is 0.486. The summed E-state index contributed by atoms with van der Waals surface area (Å²) >= 11 is 0. The van der Waals surface area contributed by atoms with Crippen LogP contribution in [0.4, 0.5) is 0 Å². The highest BCUT2D eigenvalue weighted by atomic mass is 16.5. The second kappa shape index (κ2) is 11.8. The Hall–Kier alpha value is -1.99. The lowest BCUT2D eigenvalue weighted by Crippen LogP contribution is -2.47. The van der Waals surface area contributed by atoms with Crippen LogP contribution in [0, 0.1) is 0 Å². The Bertz CT molecular complexity index is 737. The fourth-order valence-corrected chi connectivity index (χ4v) is 4.93. The Kier molecular flexibility index (Phi) is 8.51. The first kappa shape index (κ1) is 23.2. The van der Waals surface area contributed by atoms with Crippen LogP contribution in [0.15, 0.2) is 23.2 Å². The van der Waals surface area contributed by atoms with Gasteiger partial charge in [-0.05, 0) is 57.4 Å². The Balaban J connectivity index is 1.29. The summed E-state index contributed by atoms with van der Waals surface area (Å²) in [5.74, 6) is 2.60. The molecule has 32 heavy (non-hydrogen) atoms. The van der Waals surface area contributed by atoms with E-state index in [1.165, 1.54) is 12.8 Å². The van der Waals surface area contributed by atoms with E-state index < -0.39 is 0 Å². The van der Waals surface area contributed by atoms with Gasteiger partial charge in [-0.2, -0.15) is 0 Å². The fourth-order valence-electron chi connectivity index (χ4n) is 4.93. The molecule has 0 spiro atoms. The molecule has 0 radical (unpaired) electrons. The molecule has 0 amide bonds. The zero-order valence-electron chi connectivity index (χ0n) is 19.7. The number of piperidine rings is 1. The smallest absolute Gasteiger partial charge is 0.193 e. The summed E-state index contributed by atoms with van der Waals surface area (Å²) in [5.41, 5.74) is 1.10. The predicted molar refractivity (Wildman–Crippen MR) is 126 cm³/mol. The molecule has 1 aromatic rings. The Morgan fingerprint density at radius 3 is 2.59 bits per heavy atom. The molecule has 1 aliphatic carbocycles. The van der Waals surface area contributed by atoms with Gasteiger partial charge in [0.1, 0.15) is 0 Å². The molecule has 7 heteroatoms. The molecule has 0 aromatic heterocycles. The summed E-state index contributed by atoms with van der Waals surface area (Å²) in [5, 5.41) is 3.54. The maximum absolute atomic E-state index is 6.38. The van der Waals surface area contributed by atoms with E-state index in [1.54, 1.807) is 7.11 Å². The van der Waals surface area contributed by atoms with Crippen molar-refractivity contribution in [2.75, 3.05) is 40.5 Å². The zero-order chi connectivity index (χ0) is 22.2. The molecule has 2 saturated heterocycles. The van der Waals surface area contributed by atoms with Gasteiger partial charge in [-0.25, -0.2) is 0 Å². The minimum atomic E-state index is 0.290. The van der Waals surface area contributed by atoms with E-state index in [1.807, 2.05) is 19.2 Å². The van der Waals surface area contributed by atoms with E-state index in [9.17, 15) is 0 Å². The summed E-state index contributed by atoms with van der Waals surface area (Å²) in [6.07, 6.45) is 9.96. The van der Waals surface area contributed by atoms with Gasteiger partial charge in [-0.3, -0.25) is 4.99 Å². The summed E-state index contributed by atoms with van der Waals surface area (Å²) in [6, 6.07) is 6.11. The van der Waals surface area contributed by atoms with Crippen LogP contribution in [0.2, 0.25) is 0 Å². The Labute approximate surface area is 192 Å². The molecule has 178 valence electrons. The molecule has 1 unspecified atom stereocenters. The summed E-state index contributed by atoms with van der Waals surface area (Å²) < 4.78 is 23.8. The third kappa shape index (κ3) is 6.07. The normalized spacial score (nSPS) is 23.0. The molecule has 2 heterocycles. The molecule has 3 fully saturated rings. The van der Waals surface area contributed by atoms with E-state index >= 15 is 0 Å². The van der Waals surface area contributed by atoms with Crippen LogP contribution in [-0.2, 0) is 16.0 Å². The number of nitrogens with one attached hydrogen (secondary N) is 1. The van der Waals surface area contributed by atoms with Crippen molar-refractivity contribution in [3.05, 3.63) is 23.8 Å². The predicted octanol–water partition coefficient (Wildman–Crippen LogP) is 3.75. The highest BCUT2D eigenvalue weighted by Gasteiger charge is 2.25. The summed E-state index contributed by atoms with van der Waals surface area (Å²) in [4.78, 5) is 6.86. The standard InChI is InChI=1S/C25H39N3O4/c1-26-25(28-14-12-20(13-15-28)31-18-22-10-6-16-30-22)27-17-19-7-5-11-23(29-2)24(19)32-21-8-3-4-9-21/h5,7,11,20-22H,3-4,6,8-10,12-18H2,1-2H3,(H,26,27). The molecule has 2 aliphatic heterocycles. The van der Waals surface area contributed by atoms with Crippen LogP contribution in [-0.4, -0.2) is 69.6 Å². The third-order valence-electron chi connectivity index (χ3n) is 6.80. The van der Waals surface area contributed by atoms with Crippen molar-refractivity contribution in [3.63, 3.8) is 0 Å². The van der Waals surface area contributed by atoms with Gasteiger partial charge in [0.25, 0.3) is 0 Å². The van der Waals surface area contributed by atoms with Gasteiger partial charge < -0.3 is 29.2 Å². The Morgan fingerprint density at radius 2 is 1.91 bits per heavy atom. The number of benzene rings is 1. The number of nitrogens with zero attached hydrogens (tertiary/aromatic N) is 2. The molecule has 1 saturated carbocycles. The van der Waals surface area contributed by atoms with Crippen LogP contribution in [0.5, 0.6) is 11.5 Å². The van der Waals surface area contributed by atoms with Crippen molar-refractivity contribution in [2.24, 2.45) is 4.99 Å². The van der Waals surface area contributed by atoms with Gasteiger partial charge in [0.2, 0.25) is 0 Å². The highest BCUT2D eigenvalue weighted by Crippen LogP contribution is 2.34. The molecular formula is C25H39N3O4. The topological polar surface area (TPSA) is 64.6 Å². The van der Waals surface area contributed by atoms with Gasteiger partial charge in [0.05, 0.1) is 32.0 Å². The molecule has 4 rings (SSSR count). The minimum Gasteiger partial charge on any atom is -0.493 e. The summed E-state index contributed by atoms with van der Waals surface area (Å²) in [6.45, 7) is 4.16. The first-order valence-electron chi connectivity index (χ1n) is 12.3. The van der Waals surface area contributed by atoms with Crippen molar-refractivity contribution < 1.29 is 18.9 Å². The number of rotatable bonds is 8. The third-order valence-corrected chi connectivity index (χ3v) is 6.80. The van der Waals surface area contributed by atoms with Gasteiger partial charge in [0, 0.05) is 38.9 Å². The lowest BCUT2D eigenvalue weighted by Gasteiger charge is -2.34. The van der Waals surface area contributed by atoms with Crippen LogP contribution >= 0.6 is 0 Å². The van der Waals surface area contributed by atoms with Crippen LogP contribution in [0.3, 0.4) is 0 Å². The SMILES string of the molecule is CN=C(NCc1cccc(OC)c1OC1CCCC1)N1CCC(OCC2CCCO2)CC1. The van der Waals surface area contributed by atoms with E-state index in [0.717, 1.165) is 87.9 Å². The molecule has 3 aliphatic rings. The number of para-hydroxylation sites is 1. The zero-order valence-corrected chi connectivity index (χ0v) is 19.7. The molecule has 0 bridgehead atoms. The molecular weight excluding hydrogens is 406 g/mol. The largest absolute Gasteiger partial charge is 0.493 e. The lowest BCUT2D eigenvalue weighted by atomic mass is 10.1.